The number of rotatable bonds is 28. The predicted molar refractivity (Wildman–Crippen MR) is 182 cm³/mol. The Labute approximate surface area is 253 Å². The molecule has 0 N–H and O–H groups in total. The molecule has 0 fully saturated rings. The number of benzene rings is 1. The third-order valence-corrected chi connectivity index (χ3v) is 9.43. The van der Waals surface area contributed by atoms with Crippen molar-refractivity contribution in [3.63, 3.8) is 0 Å². The van der Waals surface area contributed by atoms with E-state index in [1.165, 1.54) is 160 Å². The second-order valence-electron chi connectivity index (χ2n) is 14.3. The van der Waals surface area contributed by atoms with Crippen LogP contribution >= 0.6 is 0 Å². The molecular formula is C39H73N. The summed E-state index contributed by atoms with van der Waals surface area (Å²) in [5, 5.41) is 0. The zero-order valence-corrected chi connectivity index (χ0v) is 28.5. The molecule has 0 radical (unpaired) electrons. The fraction of sp³-hybridized carbons (Fsp3) is 0.846. The van der Waals surface area contributed by atoms with Crippen molar-refractivity contribution in [3.8, 4) is 0 Å². The highest BCUT2D eigenvalue weighted by molar-refractivity contribution is 5.15. The van der Waals surface area contributed by atoms with Gasteiger partial charge in [-0.05, 0) is 46.1 Å². The van der Waals surface area contributed by atoms with Gasteiger partial charge in [0.2, 0.25) is 0 Å². The molecule has 0 saturated heterocycles. The van der Waals surface area contributed by atoms with Gasteiger partial charge >= 0.3 is 0 Å². The second-order valence-corrected chi connectivity index (χ2v) is 14.3. The summed E-state index contributed by atoms with van der Waals surface area (Å²) in [5.74, 6) is 0. The van der Waals surface area contributed by atoms with E-state index < -0.39 is 0 Å². The van der Waals surface area contributed by atoms with E-state index in [1.54, 1.807) is 0 Å². The number of unbranched alkanes of at least 4 members (excludes halogenated alkanes) is 20. The van der Waals surface area contributed by atoms with Crippen molar-refractivity contribution in [2.45, 2.75) is 213 Å². The minimum absolute atomic E-state index is 0.219. The van der Waals surface area contributed by atoms with E-state index in [4.69, 9.17) is 0 Å². The zero-order valence-electron chi connectivity index (χ0n) is 28.5. The van der Waals surface area contributed by atoms with E-state index in [0.29, 0.717) is 0 Å². The smallest absolute Gasteiger partial charge is 0.0244 e. The SMILES string of the molecule is CCCCCCCCCCCCCC(C)(C)N(Cc1ccccc1)C(C)(C)CCCCCCCCCCCCC. The average Bonchev–Trinajstić information content (AvgIpc) is 2.93. The fourth-order valence-electron chi connectivity index (χ4n) is 6.73. The van der Waals surface area contributed by atoms with Crippen LogP contribution in [0, 0.1) is 0 Å². The summed E-state index contributed by atoms with van der Waals surface area (Å²) in [7, 11) is 0. The van der Waals surface area contributed by atoms with Crippen LogP contribution in [0.1, 0.15) is 201 Å². The molecule has 0 spiro atoms. The Hall–Kier alpha value is -0.820. The Morgan fingerprint density at radius 3 is 1.05 bits per heavy atom. The highest BCUT2D eigenvalue weighted by Crippen LogP contribution is 2.35. The van der Waals surface area contributed by atoms with Gasteiger partial charge in [-0.1, -0.05) is 185 Å². The molecule has 1 heteroatoms. The van der Waals surface area contributed by atoms with E-state index in [9.17, 15) is 0 Å². The lowest BCUT2D eigenvalue weighted by Gasteiger charge is -2.49. The van der Waals surface area contributed by atoms with E-state index in [-0.39, 0.29) is 11.1 Å². The van der Waals surface area contributed by atoms with E-state index in [2.05, 4.69) is 76.8 Å². The van der Waals surface area contributed by atoms with Gasteiger partial charge in [0.15, 0.2) is 0 Å². The van der Waals surface area contributed by atoms with Crippen molar-refractivity contribution in [2.75, 3.05) is 0 Å². The molecule has 0 aliphatic carbocycles. The highest BCUT2D eigenvalue weighted by atomic mass is 15.2. The first-order chi connectivity index (χ1) is 19.3. The third-order valence-electron chi connectivity index (χ3n) is 9.43. The Morgan fingerprint density at radius 1 is 0.425 bits per heavy atom. The van der Waals surface area contributed by atoms with Gasteiger partial charge in [-0.2, -0.15) is 0 Å². The van der Waals surface area contributed by atoms with Gasteiger partial charge in [-0.3, -0.25) is 4.90 Å². The van der Waals surface area contributed by atoms with Crippen molar-refractivity contribution in [1.29, 1.82) is 0 Å². The van der Waals surface area contributed by atoms with Gasteiger partial charge < -0.3 is 0 Å². The standard InChI is InChI=1S/C39H73N/c1-7-9-11-13-15-17-19-21-23-25-30-34-38(3,4)40(36-37-32-28-27-29-33-37)39(5,6)35-31-26-24-22-20-18-16-14-12-10-8-2/h27-29,32-33H,7-26,30-31,34-36H2,1-6H3. The van der Waals surface area contributed by atoms with Crippen molar-refractivity contribution in [3.05, 3.63) is 35.9 Å². The molecular weight excluding hydrogens is 482 g/mol. The van der Waals surface area contributed by atoms with Crippen molar-refractivity contribution < 1.29 is 0 Å². The first kappa shape index (κ1) is 37.2. The predicted octanol–water partition coefficient (Wildman–Crippen LogP) is 13.4. The Morgan fingerprint density at radius 2 is 0.725 bits per heavy atom. The molecule has 0 aliphatic heterocycles. The minimum atomic E-state index is 0.219. The maximum Gasteiger partial charge on any atom is 0.0244 e. The van der Waals surface area contributed by atoms with E-state index >= 15 is 0 Å². The van der Waals surface area contributed by atoms with Crippen molar-refractivity contribution >= 4 is 0 Å². The highest BCUT2D eigenvalue weighted by Gasteiger charge is 2.36. The lowest BCUT2D eigenvalue weighted by molar-refractivity contribution is -0.00509. The molecule has 0 bridgehead atoms. The van der Waals surface area contributed by atoms with Gasteiger partial charge in [-0.15, -0.1) is 0 Å². The monoisotopic (exact) mass is 556 g/mol. The van der Waals surface area contributed by atoms with E-state index in [0.717, 1.165) is 6.54 Å². The molecule has 1 aromatic carbocycles. The fourth-order valence-corrected chi connectivity index (χ4v) is 6.73. The summed E-state index contributed by atoms with van der Waals surface area (Å²) in [4.78, 5) is 2.86. The molecule has 1 aromatic rings. The second kappa shape index (κ2) is 23.7. The molecule has 0 aromatic heterocycles. The van der Waals surface area contributed by atoms with Crippen LogP contribution in [0.15, 0.2) is 30.3 Å². The van der Waals surface area contributed by atoms with Gasteiger partial charge in [0.05, 0.1) is 0 Å². The summed E-state index contributed by atoms with van der Waals surface area (Å²) in [6.45, 7) is 15.8. The Kier molecular flexibility index (Phi) is 22.1. The van der Waals surface area contributed by atoms with Crippen LogP contribution in [0.2, 0.25) is 0 Å². The topological polar surface area (TPSA) is 3.24 Å². The van der Waals surface area contributed by atoms with Crippen molar-refractivity contribution in [2.24, 2.45) is 0 Å². The van der Waals surface area contributed by atoms with Crippen molar-refractivity contribution in [1.82, 2.24) is 4.90 Å². The van der Waals surface area contributed by atoms with Crippen LogP contribution in [-0.4, -0.2) is 16.0 Å². The molecule has 0 heterocycles. The van der Waals surface area contributed by atoms with Crippen LogP contribution in [0.3, 0.4) is 0 Å². The van der Waals surface area contributed by atoms with Crippen LogP contribution in [0.25, 0.3) is 0 Å². The molecule has 0 amide bonds. The largest absolute Gasteiger partial charge is 0.289 e. The summed E-state index contributed by atoms with van der Waals surface area (Å²) in [6, 6.07) is 11.2. The molecule has 1 rings (SSSR count). The molecule has 0 saturated carbocycles. The first-order valence-electron chi connectivity index (χ1n) is 18.1. The van der Waals surface area contributed by atoms with E-state index in [1.807, 2.05) is 0 Å². The maximum atomic E-state index is 2.86. The molecule has 0 atom stereocenters. The molecule has 0 aliphatic rings. The van der Waals surface area contributed by atoms with Crippen LogP contribution in [0.4, 0.5) is 0 Å². The molecule has 40 heavy (non-hydrogen) atoms. The summed E-state index contributed by atoms with van der Waals surface area (Å²) in [6.07, 6.45) is 33.9. The van der Waals surface area contributed by atoms with Crippen LogP contribution < -0.4 is 0 Å². The first-order valence-corrected chi connectivity index (χ1v) is 18.1. The molecule has 1 nitrogen and oxygen atoms in total. The average molecular weight is 556 g/mol. The molecule has 234 valence electrons. The summed E-state index contributed by atoms with van der Waals surface area (Å²) < 4.78 is 0. The number of nitrogens with zero attached hydrogens (tertiary/aromatic N) is 1. The van der Waals surface area contributed by atoms with Crippen LogP contribution in [0.5, 0.6) is 0 Å². The quantitative estimate of drug-likeness (QED) is 0.0929. The Balaban J connectivity index is 2.43. The Bertz CT molecular complexity index is 623. The summed E-state index contributed by atoms with van der Waals surface area (Å²) >= 11 is 0. The van der Waals surface area contributed by atoms with Gasteiger partial charge in [0, 0.05) is 17.6 Å². The lowest BCUT2D eigenvalue weighted by atomic mass is 9.85. The lowest BCUT2D eigenvalue weighted by Crippen LogP contribution is -2.55. The normalized spacial score (nSPS) is 12.5. The summed E-state index contributed by atoms with van der Waals surface area (Å²) in [5.41, 5.74) is 1.90. The zero-order chi connectivity index (χ0) is 29.4. The minimum Gasteiger partial charge on any atom is -0.289 e. The third kappa shape index (κ3) is 18.6. The maximum absolute atomic E-state index is 2.86. The molecule has 0 unspecified atom stereocenters. The van der Waals surface area contributed by atoms with Gasteiger partial charge in [0.25, 0.3) is 0 Å². The number of hydrogen-bond acceptors (Lipinski definition) is 1. The van der Waals surface area contributed by atoms with Crippen LogP contribution in [-0.2, 0) is 6.54 Å². The van der Waals surface area contributed by atoms with Gasteiger partial charge in [0.1, 0.15) is 0 Å². The number of hydrogen-bond donors (Lipinski definition) is 0. The van der Waals surface area contributed by atoms with Gasteiger partial charge in [-0.25, -0.2) is 0 Å².